The summed E-state index contributed by atoms with van der Waals surface area (Å²) in [5.74, 6) is -1.09. The molecule has 0 bridgehead atoms. The van der Waals surface area contributed by atoms with E-state index < -0.39 is 5.97 Å². The van der Waals surface area contributed by atoms with Crippen molar-refractivity contribution in [2.75, 3.05) is 0 Å². The van der Waals surface area contributed by atoms with Gasteiger partial charge in [-0.15, -0.1) is 0 Å². The molecule has 48 valence electrons. The highest BCUT2D eigenvalue weighted by Gasteiger charge is 1.95. The maximum atomic E-state index is 9.70. The van der Waals surface area contributed by atoms with Crippen LogP contribution < -0.4 is 0 Å². The number of rotatable bonds is 1. The first-order valence-corrected chi connectivity index (χ1v) is 1.72. The van der Waals surface area contributed by atoms with Gasteiger partial charge in [-0.05, 0) is 6.92 Å². The summed E-state index contributed by atoms with van der Waals surface area (Å²) in [6.45, 7) is 1.31. The van der Waals surface area contributed by atoms with Crippen LogP contribution in [0.5, 0.6) is 0 Å². The normalized spacial score (nSPS) is 9.88. The molecule has 0 radical (unpaired) electrons. The summed E-state index contributed by atoms with van der Waals surface area (Å²) in [5, 5.41) is 15.9. The van der Waals surface area contributed by atoms with Crippen molar-refractivity contribution in [1.29, 1.82) is 0 Å². The number of aliphatic hydroxyl groups excluding tert-OH is 1. The molecule has 0 saturated carbocycles. The van der Waals surface area contributed by atoms with E-state index in [-0.39, 0.29) is 11.0 Å². The van der Waals surface area contributed by atoms with Gasteiger partial charge in [-0.3, -0.25) is 0 Å². The lowest BCUT2D eigenvalue weighted by atomic mass is 10.4. The monoisotopic (exact) mass is 120 g/mol. The van der Waals surface area contributed by atoms with E-state index in [0.717, 1.165) is 0 Å². The van der Waals surface area contributed by atoms with Gasteiger partial charge < -0.3 is 15.7 Å². The number of carboxylic acid groups (broad SMARTS) is 1. The molecule has 0 rings (SSSR count). The Bertz CT molecular complexity index is 105. The van der Waals surface area contributed by atoms with Crippen molar-refractivity contribution in [2.24, 2.45) is 0 Å². The van der Waals surface area contributed by atoms with E-state index in [1.807, 2.05) is 0 Å². The lowest BCUT2D eigenvalue weighted by Crippen LogP contribution is -1.94. The fourth-order valence-electron chi connectivity index (χ4n) is 0.0552. The number of carboxylic acids is 1. The highest BCUT2D eigenvalue weighted by molar-refractivity contribution is 5.85. The molecule has 0 aliphatic rings. The topological polar surface area (TPSA) is 89.0 Å². The Hall–Kier alpha value is -1.03. The van der Waals surface area contributed by atoms with Crippen molar-refractivity contribution in [1.82, 2.24) is 0 Å². The molecule has 0 aromatic heterocycles. The van der Waals surface area contributed by atoms with E-state index in [0.29, 0.717) is 6.26 Å². The van der Waals surface area contributed by atoms with Crippen LogP contribution in [0.4, 0.5) is 0 Å². The first-order chi connectivity index (χ1) is 3.18. The van der Waals surface area contributed by atoms with Crippen LogP contribution in [-0.2, 0) is 4.79 Å². The van der Waals surface area contributed by atoms with Gasteiger partial charge in [0.05, 0.1) is 11.8 Å². The maximum Gasteiger partial charge on any atom is 0.334 e. The second-order valence-electron chi connectivity index (χ2n) is 1.12. The van der Waals surface area contributed by atoms with Crippen LogP contribution in [0.15, 0.2) is 11.8 Å². The van der Waals surface area contributed by atoms with Crippen LogP contribution >= 0.6 is 0 Å². The van der Waals surface area contributed by atoms with Crippen molar-refractivity contribution in [3.8, 4) is 0 Å². The molecule has 0 aliphatic carbocycles. The molecular formula is C4H8O4. The quantitative estimate of drug-likeness (QED) is 0.368. The minimum atomic E-state index is -1.09. The van der Waals surface area contributed by atoms with Crippen molar-refractivity contribution in [3.05, 3.63) is 11.8 Å². The Morgan fingerprint density at radius 1 is 1.62 bits per heavy atom. The molecule has 0 amide bonds. The largest absolute Gasteiger partial charge is 0.515 e. The SMILES string of the molecule is CC(=CO)C(=O)O.O. The molecule has 0 saturated heterocycles. The molecule has 0 heterocycles. The van der Waals surface area contributed by atoms with Gasteiger partial charge in [-0.2, -0.15) is 0 Å². The molecule has 8 heavy (non-hydrogen) atoms. The Balaban J connectivity index is 0. The van der Waals surface area contributed by atoms with Gasteiger partial charge in [0.1, 0.15) is 0 Å². The summed E-state index contributed by atoms with van der Waals surface area (Å²) >= 11 is 0. The molecule has 0 fully saturated rings. The summed E-state index contributed by atoms with van der Waals surface area (Å²) in [6, 6.07) is 0. The second kappa shape index (κ2) is 4.14. The van der Waals surface area contributed by atoms with Gasteiger partial charge >= 0.3 is 5.97 Å². The van der Waals surface area contributed by atoms with Gasteiger partial charge in [0.2, 0.25) is 0 Å². The average Bonchev–Trinajstić information content (AvgIpc) is 1.65. The van der Waals surface area contributed by atoms with Crippen molar-refractivity contribution >= 4 is 5.97 Å². The molecule has 0 aliphatic heterocycles. The van der Waals surface area contributed by atoms with Gasteiger partial charge in [0.25, 0.3) is 0 Å². The first kappa shape index (κ1) is 10.1. The highest BCUT2D eigenvalue weighted by Crippen LogP contribution is 1.86. The third-order valence-corrected chi connectivity index (χ3v) is 0.531. The molecule has 4 heteroatoms. The number of aliphatic hydroxyl groups is 1. The molecule has 0 atom stereocenters. The lowest BCUT2D eigenvalue weighted by Gasteiger charge is -1.83. The number of carbonyl (C=O) groups is 1. The lowest BCUT2D eigenvalue weighted by molar-refractivity contribution is -0.132. The van der Waals surface area contributed by atoms with E-state index in [1.165, 1.54) is 6.92 Å². The standard InChI is InChI=1S/C4H6O3.H2O/c1-3(2-5)4(6)7;/h2,5H,1H3,(H,6,7);1H2. The van der Waals surface area contributed by atoms with Crippen LogP contribution in [-0.4, -0.2) is 21.7 Å². The predicted octanol–water partition coefficient (Wildman–Crippen LogP) is -0.292. The smallest absolute Gasteiger partial charge is 0.334 e. The summed E-state index contributed by atoms with van der Waals surface area (Å²) in [5.41, 5.74) is -0.0556. The van der Waals surface area contributed by atoms with Crippen LogP contribution in [0.3, 0.4) is 0 Å². The number of hydrogen-bond acceptors (Lipinski definition) is 2. The van der Waals surface area contributed by atoms with E-state index in [2.05, 4.69) is 0 Å². The fraction of sp³-hybridized carbons (Fsp3) is 0.250. The third-order valence-electron chi connectivity index (χ3n) is 0.531. The van der Waals surface area contributed by atoms with Gasteiger partial charge in [-0.25, -0.2) is 4.79 Å². The molecule has 0 aromatic carbocycles. The van der Waals surface area contributed by atoms with Gasteiger partial charge in [0.15, 0.2) is 0 Å². The number of aliphatic carboxylic acids is 1. The molecule has 0 spiro atoms. The Labute approximate surface area is 46.4 Å². The summed E-state index contributed by atoms with van der Waals surface area (Å²) in [7, 11) is 0. The molecule has 4 nitrogen and oxygen atoms in total. The third kappa shape index (κ3) is 3.17. The Kier molecular flexibility index (Phi) is 5.20. The second-order valence-corrected chi connectivity index (χ2v) is 1.12. The van der Waals surface area contributed by atoms with Crippen molar-refractivity contribution < 1.29 is 20.5 Å². The first-order valence-electron chi connectivity index (χ1n) is 1.72. The maximum absolute atomic E-state index is 9.70. The highest BCUT2D eigenvalue weighted by atomic mass is 16.4. The minimum absolute atomic E-state index is 0. The zero-order valence-electron chi connectivity index (χ0n) is 4.38. The van der Waals surface area contributed by atoms with E-state index in [4.69, 9.17) is 10.2 Å². The van der Waals surface area contributed by atoms with Crippen LogP contribution in [0.1, 0.15) is 6.92 Å². The average molecular weight is 120 g/mol. The van der Waals surface area contributed by atoms with Crippen molar-refractivity contribution in [3.63, 3.8) is 0 Å². The van der Waals surface area contributed by atoms with Crippen LogP contribution in [0, 0.1) is 0 Å². The Morgan fingerprint density at radius 2 is 2.00 bits per heavy atom. The summed E-state index contributed by atoms with van der Waals surface area (Å²) in [6.07, 6.45) is 0.558. The zero-order chi connectivity index (χ0) is 5.86. The van der Waals surface area contributed by atoms with E-state index in [9.17, 15) is 4.79 Å². The fourth-order valence-corrected chi connectivity index (χ4v) is 0.0552. The molecule has 0 unspecified atom stereocenters. The molecule has 0 aromatic rings. The minimum Gasteiger partial charge on any atom is -0.515 e. The zero-order valence-corrected chi connectivity index (χ0v) is 4.38. The van der Waals surface area contributed by atoms with Gasteiger partial charge in [0, 0.05) is 0 Å². The molecular weight excluding hydrogens is 112 g/mol. The van der Waals surface area contributed by atoms with Crippen LogP contribution in [0.25, 0.3) is 0 Å². The molecule has 4 N–H and O–H groups in total. The number of hydrogen-bond donors (Lipinski definition) is 2. The Morgan fingerprint density at radius 3 is 2.00 bits per heavy atom. The summed E-state index contributed by atoms with van der Waals surface area (Å²) < 4.78 is 0. The van der Waals surface area contributed by atoms with Crippen molar-refractivity contribution in [2.45, 2.75) is 6.92 Å². The van der Waals surface area contributed by atoms with Crippen LogP contribution in [0.2, 0.25) is 0 Å². The predicted molar refractivity (Wildman–Crippen MR) is 27.6 cm³/mol. The van der Waals surface area contributed by atoms with Gasteiger partial charge in [-0.1, -0.05) is 0 Å². The van der Waals surface area contributed by atoms with E-state index >= 15 is 0 Å². The van der Waals surface area contributed by atoms with E-state index in [1.54, 1.807) is 0 Å². The summed E-state index contributed by atoms with van der Waals surface area (Å²) in [4.78, 5) is 9.70.